The Bertz CT molecular complexity index is 1030. The molecule has 0 atom stereocenters. The molecule has 3 heterocycles. The topological polar surface area (TPSA) is 61.4 Å². The Morgan fingerprint density at radius 1 is 1.00 bits per heavy atom. The zero-order valence-electron chi connectivity index (χ0n) is 14.7. The van der Waals surface area contributed by atoms with Gasteiger partial charge in [0.2, 0.25) is 0 Å². The van der Waals surface area contributed by atoms with E-state index in [0.717, 1.165) is 15.7 Å². The summed E-state index contributed by atoms with van der Waals surface area (Å²) in [5, 5.41) is 9.23. The Morgan fingerprint density at radius 3 is 2.61 bits per heavy atom. The molecule has 0 amide bonds. The van der Waals surface area contributed by atoms with Crippen LogP contribution in [0, 0.1) is 0 Å². The molecule has 142 valence electrons. The number of benzene rings is 1. The van der Waals surface area contributed by atoms with Gasteiger partial charge in [-0.1, -0.05) is 42.1 Å². The molecule has 0 N–H and O–H groups in total. The van der Waals surface area contributed by atoms with Crippen molar-refractivity contribution in [1.29, 1.82) is 0 Å². The van der Waals surface area contributed by atoms with E-state index in [9.17, 15) is 8.78 Å². The predicted molar refractivity (Wildman–Crippen MR) is 102 cm³/mol. The summed E-state index contributed by atoms with van der Waals surface area (Å²) in [7, 11) is 0. The van der Waals surface area contributed by atoms with Crippen molar-refractivity contribution in [2.75, 3.05) is 0 Å². The maximum atomic E-state index is 13.1. The third-order valence-electron chi connectivity index (χ3n) is 4.11. The van der Waals surface area contributed by atoms with Crippen LogP contribution in [-0.2, 0) is 12.3 Å². The fraction of sp³-hybridized carbons (Fsp3) is 0.158. The number of alkyl halides is 2. The first-order valence-corrected chi connectivity index (χ1v) is 9.51. The number of rotatable bonds is 7. The zero-order chi connectivity index (χ0) is 19.3. The van der Waals surface area contributed by atoms with Crippen LogP contribution >= 0.6 is 11.8 Å². The third kappa shape index (κ3) is 3.94. The largest absolute Gasteiger partial charge is 0.319 e. The number of thioether (sulfide) groups is 1. The van der Waals surface area contributed by atoms with Crippen molar-refractivity contribution in [2.24, 2.45) is 0 Å². The van der Waals surface area contributed by atoms with Gasteiger partial charge in [0.1, 0.15) is 5.82 Å². The molecule has 3 aromatic heterocycles. The summed E-state index contributed by atoms with van der Waals surface area (Å²) >= 11 is 1.32. The van der Waals surface area contributed by atoms with Crippen molar-refractivity contribution in [3.05, 3.63) is 78.6 Å². The summed E-state index contributed by atoms with van der Waals surface area (Å²) in [6.07, 6.45) is 6.07. The molecule has 0 saturated carbocycles. The molecule has 4 aromatic rings. The van der Waals surface area contributed by atoms with Gasteiger partial charge in [0.05, 0.1) is 12.3 Å². The minimum absolute atomic E-state index is 0.261. The van der Waals surface area contributed by atoms with Gasteiger partial charge in [-0.3, -0.25) is 14.1 Å². The number of hydrogen-bond donors (Lipinski definition) is 0. The van der Waals surface area contributed by atoms with Gasteiger partial charge in [0.25, 0.3) is 0 Å². The highest BCUT2D eigenvalue weighted by Gasteiger charge is 2.17. The summed E-state index contributed by atoms with van der Waals surface area (Å²) in [5.41, 5.74) is 1.93. The summed E-state index contributed by atoms with van der Waals surface area (Å²) in [6.45, 7) is -2.06. The van der Waals surface area contributed by atoms with E-state index in [0.29, 0.717) is 17.5 Å². The minimum atomic E-state index is -2.62. The van der Waals surface area contributed by atoms with Crippen LogP contribution in [0.3, 0.4) is 0 Å². The second kappa shape index (κ2) is 8.30. The van der Waals surface area contributed by atoms with Gasteiger partial charge in [-0.05, 0) is 17.7 Å². The molecule has 0 spiro atoms. The number of imidazole rings is 1. The predicted octanol–water partition coefficient (Wildman–Crippen LogP) is 4.27. The Kier molecular flexibility index (Phi) is 5.43. The lowest BCUT2D eigenvalue weighted by molar-refractivity contribution is 0.0678. The van der Waals surface area contributed by atoms with Crippen molar-refractivity contribution in [3.63, 3.8) is 0 Å². The molecule has 4 rings (SSSR count). The lowest BCUT2D eigenvalue weighted by Crippen LogP contribution is -2.06. The molecule has 0 saturated heterocycles. The highest BCUT2D eigenvalue weighted by atomic mass is 32.2. The summed E-state index contributed by atoms with van der Waals surface area (Å²) in [4.78, 5) is 8.18. The average Bonchev–Trinajstić information content (AvgIpc) is 3.35. The molecule has 0 unspecified atom stereocenters. The van der Waals surface area contributed by atoms with Crippen LogP contribution in [0.25, 0.3) is 11.4 Å². The van der Waals surface area contributed by atoms with E-state index in [2.05, 4.69) is 20.2 Å². The fourth-order valence-electron chi connectivity index (χ4n) is 2.78. The number of pyridine rings is 1. The molecule has 28 heavy (non-hydrogen) atoms. The molecular formula is C19H16F2N6S. The molecule has 0 radical (unpaired) electrons. The Morgan fingerprint density at radius 2 is 1.86 bits per heavy atom. The van der Waals surface area contributed by atoms with Crippen molar-refractivity contribution >= 4 is 11.8 Å². The minimum Gasteiger partial charge on any atom is -0.297 e. The summed E-state index contributed by atoms with van der Waals surface area (Å²) in [5.74, 6) is 1.23. The van der Waals surface area contributed by atoms with E-state index in [1.807, 2.05) is 47.0 Å². The van der Waals surface area contributed by atoms with Crippen molar-refractivity contribution < 1.29 is 8.78 Å². The average molecular weight is 398 g/mol. The number of hydrogen-bond acceptors (Lipinski definition) is 5. The number of nitrogens with zero attached hydrogens (tertiary/aromatic N) is 6. The van der Waals surface area contributed by atoms with Gasteiger partial charge in [0, 0.05) is 30.4 Å². The molecule has 6 nitrogen and oxygen atoms in total. The van der Waals surface area contributed by atoms with E-state index < -0.39 is 6.55 Å². The smallest absolute Gasteiger partial charge is 0.297 e. The van der Waals surface area contributed by atoms with Gasteiger partial charge in [-0.15, -0.1) is 10.2 Å². The van der Waals surface area contributed by atoms with Crippen molar-refractivity contribution in [1.82, 2.24) is 29.3 Å². The van der Waals surface area contributed by atoms with Crippen LogP contribution in [0.2, 0.25) is 0 Å². The van der Waals surface area contributed by atoms with Gasteiger partial charge in [-0.2, -0.15) is 8.78 Å². The fourth-order valence-corrected chi connectivity index (χ4v) is 3.66. The first kappa shape index (κ1) is 18.3. The summed E-state index contributed by atoms with van der Waals surface area (Å²) < 4.78 is 28.9. The van der Waals surface area contributed by atoms with Crippen LogP contribution in [-0.4, -0.2) is 29.3 Å². The van der Waals surface area contributed by atoms with Crippen LogP contribution in [0.5, 0.6) is 0 Å². The van der Waals surface area contributed by atoms with Crippen LogP contribution in [0.1, 0.15) is 17.9 Å². The van der Waals surface area contributed by atoms with Gasteiger partial charge in [-0.25, -0.2) is 4.98 Å². The monoisotopic (exact) mass is 398 g/mol. The normalized spacial score (nSPS) is 11.2. The number of aromatic nitrogens is 6. The van der Waals surface area contributed by atoms with Gasteiger partial charge >= 0.3 is 6.55 Å². The van der Waals surface area contributed by atoms with E-state index >= 15 is 0 Å². The maximum absolute atomic E-state index is 13.1. The SMILES string of the molecule is FC(F)n1ccnc1CSc1nnc(-c2cccnc2)n1Cc1ccccc1. The molecule has 0 aliphatic rings. The van der Waals surface area contributed by atoms with E-state index in [4.69, 9.17) is 0 Å². The van der Waals surface area contributed by atoms with Crippen molar-refractivity contribution in [2.45, 2.75) is 24.0 Å². The molecule has 0 aliphatic carbocycles. The molecule has 0 aliphatic heterocycles. The Hall–Kier alpha value is -3.07. The van der Waals surface area contributed by atoms with Crippen LogP contribution < -0.4 is 0 Å². The molecular weight excluding hydrogens is 382 g/mol. The van der Waals surface area contributed by atoms with Crippen molar-refractivity contribution in [3.8, 4) is 11.4 Å². The van der Waals surface area contributed by atoms with Gasteiger partial charge < -0.3 is 0 Å². The van der Waals surface area contributed by atoms with E-state index in [-0.39, 0.29) is 11.6 Å². The molecule has 9 heteroatoms. The highest BCUT2D eigenvalue weighted by Crippen LogP contribution is 2.27. The van der Waals surface area contributed by atoms with E-state index in [1.54, 1.807) is 12.4 Å². The maximum Gasteiger partial charge on any atom is 0.319 e. The Balaban J connectivity index is 1.65. The second-order valence-electron chi connectivity index (χ2n) is 5.94. The number of halogens is 2. The first-order valence-electron chi connectivity index (χ1n) is 8.52. The lowest BCUT2D eigenvalue weighted by atomic mass is 10.2. The van der Waals surface area contributed by atoms with Crippen LogP contribution in [0.4, 0.5) is 8.78 Å². The molecule has 0 fully saturated rings. The van der Waals surface area contributed by atoms with Crippen LogP contribution in [0.15, 0.2) is 72.4 Å². The summed E-state index contributed by atoms with van der Waals surface area (Å²) in [6, 6.07) is 13.7. The van der Waals surface area contributed by atoms with Gasteiger partial charge in [0.15, 0.2) is 11.0 Å². The first-order chi connectivity index (χ1) is 13.7. The quantitative estimate of drug-likeness (QED) is 0.435. The molecule has 1 aromatic carbocycles. The Labute approximate surface area is 164 Å². The standard InChI is InChI=1S/C19H16F2N6S/c20-18(21)26-10-9-23-16(26)13-28-19-25-24-17(15-7-4-8-22-11-15)27(19)12-14-5-2-1-3-6-14/h1-11,18H,12-13H2. The zero-order valence-corrected chi connectivity index (χ0v) is 15.5. The second-order valence-corrected chi connectivity index (χ2v) is 6.88. The highest BCUT2D eigenvalue weighted by molar-refractivity contribution is 7.98. The lowest BCUT2D eigenvalue weighted by Gasteiger charge is -2.11. The third-order valence-corrected chi connectivity index (χ3v) is 5.07. The van der Waals surface area contributed by atoms with E-state index in [1.165, 1.54) is 24.2 Å². The molecule has 0 bridgehead atoms.